The SMILES string of the molecule is CCOC(=O)c1ccc(NC(=O)N(CC(=O)Nc2cc(C(C)(C)C)nn2-c2ccc(C)cc2C)Cc2ccco2)cc1. The normalized spacial score (nSPS) is 11.2. The summed E-state index contributed by atoms with van der Waals surface area (Å²) in [5.74, 6) is 0.178. The number of aromatic nitrogens is 2. The third kappa shape index (κ3) is 7.45. The number of carbonyl (C=O) groups is 3. The lowest BCUT2D eigenvalue weighted by atomic mass is 9.92. The maximum absolute atomic E-state index is 13.4. The van der Waals surface area contributed by atoms with Gasteiger partial charge in [-0.3, -0.25) is 4.79 Å². The molecule has 42 heavy (non-hydrogen) atoms. The molecule has 2 heterocycles. The van der Waals surface area contributed by atoms with Crippen LogP contribution in [0.4, 0.5) is 16.3 Å². The minimum atomic E-state index is -0.510. The van der Waals surface area contributed by atoms with Crippen LogP contribution in [0.1, 0.15) is 60.6 Å². The second kappa shape index (κ2) is 12.8. The van der Waals surface area contributed by atoms with Gasteiger partial charge in [0.25, 0.3) is 0 Å². The Morgan fingerprint density at radius 3 is 2.36 bits per heavy atom. The van der Waals surface area contributed by atoms with Crippen molar-refractivity contribution in [3.63, 3.8) is 0 Å². The molecule has 0 fully saturated rings. The first-order valence-electron chi connectivity index (χ1n) is 13.8. The van der Waals surface area contributed by atoms with Gasteiger partial charge in [0.05, 0.1) is 36.4 Å². The number of urea groups is 1. The number of furan rings is 1. The monoisotopic (exact) mass is 571 g/mol. The highest BCUT2D eigenvalue weighted by Gasteiger charge is 2.24. The van der Waals surface area contributed by atoms with Crippen molar-refractivity contribution in [2.75, 3.05) is 23.8 Å². The number of nitrogens with one attached hydrogen (secondary N) is 2. The molecule has 2 aromatic heterocycles. The molecule has 3 amide bonds. The molecule has 0 saturated carbocycles. The van der Waals surface area contributed by atoms with Crippen LogP contribution >= 0.6 is 0 Å². The van der Waals surface area contributed by atoms with Gasteiger partial charge in [0.1, 0.15) is 18.1 Å². The summed E-state index contributed by atoms with van der Waals surface area (Å²) in [6, 6.07) is 17.2. The number of carbonyl (C=O) groups excluding carboxylic acids is 3. The fraction of sp³-hybridized carbons (Fsp3) is 0.312. The molecule has 0 atom stereocenters. The Morgan fingerprint density at radius 2 is 1.74 bits per heavy atom. The van der Waals surface area contributed by atoms with Gasteiger partial charge in [-0.05, 0) is 68.8 Å². The first-order valence-corrected chi connectivity index (χ1v) is 13.8. The number of hydrogen-bond acceptors (Lipinski definition) is 6. The largest absolute Gasteiger partial charge is 0.467 e. The molecule has 0 saturated heterocycles. The number of hydrogen-bond donors (Lipinski definition) is 2. The van der Waals surface area contributed by atoms with Crippen LogP contribution in [0.2, 0.25) is 0 Å². The minimum Gasteiger partial charge on any atom is -0.467 e. The molecule has 0 aliphatic carbocycles. The van der Waals surface area contributed by atoms with Gasteiger partial charge in [0.15, 0.2) is 0 Å². The molecule has 220 valence electrons. The molecule has 4 aromatic rings. The third-order valence-corrected chi connectivity index (χ3v) is 6.52. The van der Waals surface area contributed by atoms with Gasteiger partial charge in [-0.25, -0.2) is 14.3 Å². The molecular weight excluding hydrogens is 534 g/mol. The number of esters is 1. The van der Waals surface area contributed by atoms with E-state index in [1.807, 2.05) is 32.0 Å². The number of rotatable bonds is 9. The van der Waals surface area contributed by atoms with E-state index in [4.69, 9.17) is 14.3 Å². The number of anilines is 2. The molecule has 0 aliphatic rings. The van der Waals surface area contributed by atoms with Crippen LogP contribution in [0.3, 0.4) is 0 Å². The fourth-order valence-electron chi connectivity index (χ4n) is 4.32. The number of nitrogens with zero attached hydrogens (tertiary/aromatic N) is 3. The minimum absolute atomic E-state index is 0.0662. The molecule has 4 rings (SSSR count). The van der Waals surface area contributed by atoms with E-state index in [0.29, 0.717) is 22.8 Å². The molecule has 10 nitrogen and oxygen atoms in total. The highest BCUT2D eigenvalue weighted by Crippen LogP contribution is 2.28. The van der Waals surface area contributed by atoms with Crippen LogP contribution < -0.4 is 10.6 Å². The lowest BCUT2D eigenvalue weighted by molar-refractivity contribution is -0.116. The van der Waals surface area contributed by atoms with Crippen LogP contribution in [0, 0.1) is 13.8 Å². The van der Waals surface area contributed by atoms with Gasteiger partial charge in [0.2, 0.25) is 5.91 Å². The Morgan fingerprint density at radius 1 is 1.00 bits per heavy atom. The lowest BCUT2D eigenvalue weighted by Gasteiger charge is -2.22. The first-order chi connectivity index (χ1) is 19.9. The van der Waals surface area contributed by atoms with Gasteiger partial charge in [-0.2, -0.15) is 5.10 Å². The predicted molar refractivity (Wildman–Crippen MR) is 161 cm³/mol. The Hall–Kier alpha value is -4.86. The summed E-state index contributed by atoms with van der Waals surface area (Å²) in [5.41, 5.74) is 4.38. The van der Waals surface area contributed by atoms with E-state index in [0.717, 1.165) is 22.5 Å². The van der Waals surface area contributed by atoms with Crippen LogP contribution in [0.25, 0.3) is 5.69 Å². The lowest BCUT2D eigenvalue weighted by Crippen LogP contribution is -2.40. The summed E-state index contributed by atoms with van der Waals surface area (Å²) in [7, 11) is 0. The van der Waals surface area contributed by atoms with Crippen molar-refractivity contribution in [2.24, 2.45) is 0 Å². The van der Waals surface area contributed by atoms with E-state index in [-0.39, 0.29) is 25.1 Å². The Bertz CT molecular complexity index is 1550. The van der Waals surface area contributed by atoms with E-state index in [2.05, 4.69) is 37.5 Å². The summed E-state index contributed by atoms with van der Waals surface area (Å²) in [5, 5.41) is 10.6. The van der Waals surface area contributed by atoms with Gasteiger partial charge in [-0.15, -0.1) is 0 Å². The van der Waals surface area contributed by atoms with Gasteiger partial charge in [-0.1, -0.05) is 38.5 Å². The zero-order chi connectivity index (χ0) is 30.4. The maximum atomic E-state index is 13.4. The first kappa shape index (κ1) is 30.1. The summed E-state index contributed by atoms with van der Waals surface area (Å²) in [6.45, 7) is 12.0. The highest BCUT2D eigenvalue weighted by molar-refractivity contribution is 5.97. The second-order valence-electron chi connectivity index (χ2n) is 11.1. The molecule has 2 aromatic carbocycles. The third-order valence-electron chi connectivity index (χ3n) is 6.52. The molecule has 0 aliphatic heterocycles. The Kier molecular flexibility index (Phi) is 9.15. The van der Waals surface area contributed by atoms with Crippen LogP contribution in [-0.2, 0) is 21.5 Å². The highest BCUT2D eigenvalue weighted by atomic mass is 16.5. The van der Waals surface area contributed by atoms with E-state index < -0.39 is 17.9 Å². The zero-order valence-corrected chi connectivity index (χ0v) is 24.9. The second-order valence-corrected chi connectivity index (χ2v) is 11.1. The van der Waals surface area contributed by atoms with Crippen molar-refractivity contribution in [1.29, 1.82) is 0 Å². The van der Waals surface area contributed by atoms with Gasteiger partial charge < -0.3 is 24.7 Å². The van der Waals surface area contributed by atoms with Crippen molar-refractivity contribution in [2.45, 2.75) is 53.5 Å². The van der Waals surface area contributed by atoms with E-state index in [1.54, 1.807) is 48.0 Å². The molecular formula is C32H37N5O5. The fourth-order valence-corrected chi connectivity index (χ4v) is 4.32. The maximum Gasteiger partial charge on any atom is 0.338 e. The molecule has 0 unspecified atom stereocenters. The van der Waals surface area contributed by atoms with Crippen molar-refractivity contribution >= 4 is 29.4 Å². The summed E-state index contributed by atoms with van der Waals surface area (Å²) < 4.78 is 12.2. The molecule has 0 radical (unpaired) electrons. The average molecular weight is 572 g/mol. The van der Waals surface area contributed by atoms with Crippen molar-refractivity contribution in [1.82, 2.24) is 14.7 Å². The Labute approximate surface area is 245 Å². The van der Waals surface area contributed by atoms with E-state index >= 15 is 0 Å². The number of amides is 3. The van der Waals surface area contributed by atoms with Crippen molar-refractivity contribution in [3.8, 4) is 5.69 Å². The van der Waals surface area contributed by atoms with Gasteiger partial charge >= 0.3 is 12.0 Å². The van der Waals surface area contributed by atoms with Gasteiger partial charge in [0, 0.05) is 17.2 Å². The van der Waals surface area contributed by atoms with Crippen LogP contribution in [0.15, 0.2) is 71.3 Å². The average Bonchev–Trinajstić information content (AvgIpc) is 3.59. The van der Waals surface area contributed by atoms with Crippen molar-refractivity contribution < 1.29 is 23.5 Å². The summed E-state index contributed by atoms with van der Waals surface area (Å²) in [4.78, 5) is 40.1. The zero-order valence-electron chi connectivity index (χ0n) is 24.9. The summed E-state index contributed by atoms with van der Waals surface area (Å²) >= 11 is 0. The molecule has 2 N–H and O–H groups in total. The van der Waals surface area contributed by atoms with Crippen LogP contribution in [0.5, 0.6) is 0 Å². The molecule has 0 bridgehead atoms. The standard InChI is InChI=1S/C32H37N5O5/c1-7-41-30(39)23-11-13-24(14-12-23)33-31(40)36(19-25-9-8-16-42-25)20-29(38)34-28-18-27(32(4,5)6)35-37(28)26-15-10-21(2)17-22(26)3/h8-18H,7,19-20H2,1-6H3,(H,33,40)(H,34,38). The number of ether oxygens (including phenoxy) is 1. The number of benzene rings is 2. The summed E-state index contributed by atoms with van der Waals surface area (Å²) in [6.07, 6.45) is 1.51. The topological polar surface area (TPSA) is 119 Å². The van der Waals surface area contributed by atoms with Crippen molar-refractivity contribution in [3.05, 3.63) is 95.1 Å². The van der Waals surface area contributed by atoms with Crippen LogP contribution in [-0.4, -0.2) is 45.7 Å². The predicted octanol–water partition coefficient (Wildman–Crippen LogP) is 6.23. The molecule has 0 spiro atoms. The Balaban J connectivity index is 1.55. The van der Waals surface area contributed by atoms with E-state index in [1.165, 1.54) is 11.2 Å². The molecule has 10 heteroatoms. The number of aryl methyl sites for hydroxylation is 2. The quantitative estimate of drug-likeness (QED) is 0.230. The smallest absolute Gasteiger partial charge is 0.338 e. The van der Waals surface area contributed by atoms with E-state index in [9.17, 15) is 14.4 Å².